The van der Waals surface area contributed by atoms with Crippen LogP contribution >= 0.6 is 23.2 Å². The third kappa shape index (κ3) is 3.12. The summed E-state index contributed by atoms with van der Waals surface area (Å²) in [4.78, 5) is 29.8. The number of benzene rings is 3. The number of fused-ring (bicyclic) bond motifs is 1. The maximum absolute atomic E-state index is 13.5. The zero-order chi connectivity index (χ0) is 20.7. The monoisotopic (exact) mass is 425 g/mol. The van der Waals surface area contributed by atoms with Crippen LogP contribution in [0.5, 0.6) is 0 Å². The van der Waals surface area contributed by atoms with Crippen molar-refractivity contribution in [3.63, 3.8) is 0 Å². The summed E-state index contributed by atoms with van der Waals surface area (Å²) in [6, 6.07) is 16.2. The van der Waals surface area contributed by atoms with Gasteiger partial charge >= 0.3 is 5.97 Å². The molecule has 0 unspecified atom stereocenters. The number of hydrogen-bond donors (Lipinski definition) is 2. The molecule has 0 radical (unpaired) electrons. The molecule has 0 saturated carbocycles. The lowest BCUT2D eigenvalue weighted by Gasteiger charge is -2.15. The van der Waals surface area contributed by atoms with Crippen LogP contribution in [0.2, 0.25) is 10.0 Å². The number of aromatic carboxylic acids is 1. The zero-order valence-electron chi connectivity index (χ0n) is 14.8. The van der Waals surface area contributed by atoms with Crippen molar-refractivity contribution in [3.05, 3.63) is 86.6 Å². The number of nitrogens with two attached hydrogens (primary N) is 1. The van der Waals surface area contributed by atoms with Gasteiger partial charge in [0, 0.05) is 16.1 Å². The first kappa shape index (κ1) is 19.0. The molecule has 4 aromatic rings. The Morgan fingerprint density at radius 1 is 0.966 bits per heavy atom. The Balaban J connectivity index is 2.22. The molecule has 0 fully saturated rings. The van der Waals surface area contributed by atoms with Crippen LogP contribution in [0, 0.1) is 0 Å². The quantitative estimate of drug-likeness (QED) is 0.498. The summed E-state index contributed by atoms with van der Waals surface area (Å²) >= 11 is 12.6. The lowest BCUT2D eigenvalue weighted by atomic mass is 9.95. The molecule has 3 aromatic carbocycles. The fraction of sp³-hybridized carbons (Fsp3) is 0. The van der Waals surface area contributed by atoms with Gasteiger partial charge in [-0.05, 0) is 30.3 Å². The van der Waals surface area contributed by atoms with Gasteiger partial charge in [-0.2, -0.15) is 0 Å². The smallest absolute Gasteiger partial charge is 0.336 e. The molecule has 4 rings (SSSR count). The van der Waals surface area contributed by atoms with E-state index in [0.29, 0.717) is 21.3 Å². The number of carbonyl (C=O) groups is 1. The van der Waals surface area contributed by atoms with Crippen molar-refractivity contribution >= 4 is 46.0 Å². The Hall–Kier alpha value is -3.35. The van der Waals surface area contributed by atoms with Crippen LogP contribution in [0.4, 0.5) is 5.95 Å². The SMILES string of the molecule is Nc1nc2ccc(C(=O)O)c(-c3ccccc3Cl)c2c(=O)n1-c1ccccc1Cl. The van der Waals surface area contributed by atoms with Gasteiger partial charge < -0.3 is 10.8 Å². The number of carboxylic acids is 1. The van der Waals surface area contributed by atoms with E-state index >= 15 is 0 Å². The fourth-order valence-electron chi connectivity index (χ4n) is 3.28. The Morgan fingerprint density at radius 3 is 2.28 bits per heavy atom. The molecule has 0 spiro atoms. The molecule has 1 aromatic heterocycles. The molecule has 0 bridgehead atoms. The van der Waals surface area contributed by atoms with Crippen LogP contribution in [-0.2, 0) is 0 Å². The third-order valence-electron chi connectivity index (χ3n) is 4.53. The third-order valence-corrected chi connectivity index (χ3v) is 5.18. The second-order valence-electron chi connectivity index (χ2n) is 6.23. The predicted molar refractivity (Wildman–Crippen MR) is 114 cm³/mol. The van der Waals surface area contributed by atoms with Crippen molar-refractivity contribution < 1.29 is 9.90 Å². The van der Waals surface area contributed by atoms with E-state index in [2.05, 4.69) is 4.98 Å². The number of halogens is 2. The summed E-state index contributed by atoms with van der Waals surface area (Å²) in [5.41, 5.74) is 6.64. The lowest BCUT2D eigenvalue weighted by Crippen LogP contribution is -2.24. The normalized spacial score (nSPS) is 11.0. The number of nitrogen functional groups attached to an aromatic ring is 1. The molecule has 6 nitrogen and oxygen atoms in total. The van der Waals surface area contributed by atoms with E-state index in [4.69, 9.17) is 28.9 Å². The Bertz CT molecular complexity index is 1350. The van der Waals surface area contributed by atoms with Crippen LogP contribution in [0.1, 0.15) is 10.4 Å². The van der Waals surface area contributed by atoms with E-state index in [1.54, 1.807) is 48.5 Å². The first-order valence-corrected chi connectivity index (χ1v) is 9.24. The van der Waals surface area contributed by atoms with Gasteiger partial charge in [-0.15, -0.1) is 0 Å². The molecular formula is C21H13Cl2N3O3. The summed E-state index contributed by atoms with van der Waals surface area (Å²) in [6.45, 7) is 0. The number of carboxylic acid groups (broad SMARTS) is 1. The van der Waals surface area contributed by atoms with Gasteiger partial charge in [0.05, 0.1) is 27.2 Å². The number of rotatable bonds is 3. The molecule has 0 aliphatic heterocycles. The largest absolute Gasteiger partial charge is 0.478 e. The molecule has 1 heterocycles. The van der Waals surface area contributed by atoms with E-state index in [0.717, 1.165) is 4.57 Å². The molecule has 8 heteroatoms. The van der Waals surface area contributed by atoms with Gasteiger partial charge in [0.1, 0.15) is 0 Å². The zero-order valence-corrected chi connectivity index (χ0v) is 16.3. The molecule has 3 N–H and O–H groups in total. The van der Waals surface area contributed by atoms with Crippen molar-refractivity contribution in [2.45, 2.75) is 0 Å². The van der Waals surface area contributed by atoms with Crippen LogP contribution < -0.4 is 11.3 Å². The Labute approximate surface area is 174 Å². The van der Waals surface area contributed by atoms with Crippen LogP contribution in [0.15, 0.2) is 65.5 Å². The highest BCUT2D eigenvalue weighted by Gasteiger charge is 2.22. The van der Waals surface area contributed by atoms with Crippen LogP contribution in [-0.4, -0.2) is 20.6 Å². The van der Waals surface area contributed by atoms with E-state index in [9.17, 15) is 14.7 Å². The number of hydrogen-bond acceptors (Lipinski definition) is 4. The maximum atomic E-state index is 13.5. The number of para-hydroxylation sites is 1. The van der Waals surface area contributed by atoms with Gasteiger partial charge in [-0.1, -0.05) is 53.5 Å². The van der Waals surface area contributed by atoms with E-state index in [1.165, 1.54) is 12.1 Å². The minimum absolute atomic E-state index is 0.0659. The van der Waals surface area contributed by atoms with Crippen molar-refractivity contribution in [3.8, 4) is 16.8 Å². The first-order valence-electron chi connectivity index (χ1n) is 8.48. The Kier molecular flexibility index (Phi) is 4.74. The lowest BCUT2D eigenvalue weighted by molar-refractivity contribution is 0.0698. The number of nitrogens with zero attached hydrogens (tertiary/aromatic N) is 2. The molecule has 144 valence electrons. The van der Waals surface area contributed by atoms with Crippen LogP contribution in [0.3, 0.4) is 0 Å². The summed E-state index contributed by atoms with van der Waals surface area (Å²) < 4.78 is 1.16. The van der Waals surface area contributed by atoms with Crippen molar-refractivity contribution in [1.82, 2.24) is 9.55 Å². The van der Waals surface area contributed by atoms with Crippen molar-refractivity contribution in [1.29, 1.82) is 0 Å². The predicted octanol–water partition coefficient (Wildman–Crippen LogP) is 4.64. The average Bonchev–Trinajstić information content (AvgIpc) is 2.69. The minimum atomic E-state index is -1.19. The standard InChI is InChI=1S/C21H13Cl2N3O3/c22-13-6-2-1-5-11(13)17-12(20(28)29)9-10-15-18(17)19(27)26(21(24)25-15)16-8-4-3-7-14(16)23/h1-10H,(H2,24,25)(H,28,29). The molecular weight excluding hydrogens is 413 g/mol. The highest BCUT2D eigenvalue weighted by atomic mass is 35.5. The van der Waals surface area contributed by atoms with E-state index < -0.39 is 11.5 Å². The van der Waals surface area contributed by atoms with Crippen molar-refractivity contribution in [2.24, 2.45) is 0 Å². The molecule has 0 atom stereocenters. The van der Waals surface area contributed by atoms with Gasteiger partial charge in [0.2, 0.25) is 5.95 Å². The van der Waals surface area contributed by atoms with Gasteiger partial charge in [-0.25, -0.2) is 14.3 Å². The molecule has 0 aliphatic rings. The summed E-state index contributed by atoms with van der Waals surface area (Å²) in [5, 5.41) is 10.4. The maximum Gasteiger partial charge on any atom is 0.336 e. The number of aromatic nitrogens is 2. The first-order chi connectivity index (χ1) is 13.9. The highest BCUT2D eigenvalue weighted by Crippen LogP contribution is 2.35. The topological polar surface area (TPSA) is 98.2 Å². The second-order valence-corrected chi connectivity index (χ2v) is 7.04. The summed E-state index contributed by atoms with van der Waals surface area (Å²) in [5.74, 6) is -1.26. The minimum Gasteiger partial charge on any atom is -0.478 e. The molecule has 0 aliphatic carbocycles. The van der Waals surface area contributed by atoms with E-state index in [1.807, 2.05) is 0 Å². The van der Waals surface area contributed by atoms with Gasteiger partial charge in [0.25, 0.3) is 5.56 Å². The molecule has 29 heavy (non-hydrogen) atoms. The fourth-order valence-corrected chi connectivity index (χ4v) is 3.73. The summed E-state index contributed by atoms with van der Waals surface area (Å²) in [6.07, 6.45) is 0. The molecule has 0 amide bonds. The van der Waals surface area contributed by atoms with E-state index in [-0.39, 0.29) is 28.0 Å². The van der Waals surface area contributed by atoms with Crippen LogP contribution in [0.25, 0.3) is 27.7 Å². The van der Waals surface area contributed by atoms with Gasteiger partial charge in [0.15, 0.2) is 0 Å². The molecule has 0 saturated heterocycles. The highest BCUT2D eigenvalue weighted by molar-refractivity contribution is 6.34. The van der Waals surface area contributed by atoms with Crippen molar-refractivity contribution in [2.75, 3.05) is 5.73 Å². The average molecular weight is 426 g/mol. The Morgan fingerprint density at radius 2 is 1.62 bits per heavy atom. The second kappa shape index (κ2) is 7.24. The number of anilines is 1. The van der Waals surface area contributed by atoms with Gasteiger partial charge in [-0.3, -0.25) is 4.79 Å². The summed E-state index contributed by atoms with van der Waals surface area (Å²) in [7, 11) is 0.